The van der Waals surface area contributed by atoms with Crippen LogP contribution >= 0.6 is 0 Å². The fraction of sp³-hybridized carbons (Fsp3) is 0.500. The van der Waals surface area contributed by atoms with E-state index in [2.05, 4.69) is 18.3 Å². The minimum atomic E-state index is 0.366. The lowest BCUT2D eigenvalue weighted by molar-refractivity contribution is 0.472. The molecule has 1 aromatic rings. The monoisotopic (exact) mass is 193 g/mol. The molecule has 14 heavy (non-hydrogen) atoms. The van der Waals surface area contributed by atoms with Crippen molar-refractivity contribution in [2.75, 3.05) is 13.6 Å². The van der Waals surface area contributed by atoms with E-state index in [1.807, 2.05) is 19.2 Å². The molecule has 0 aliphatic heterocycles. The lowest BCUT2D eigenvalue weighted by atomic mass is 9.93. The lowest BCUT2D eigenvalue weighted by Crippen LogP contribution is -2.11. The third kappa shape index (κ3) is 3.04. The fourth-order valence-corrected chi connectivity index (χ4v) is 1.70. The minimum absolute atomic E-state index is 0.366. The summed E-state index contributed by atoms with van der Waals surface area (Å²) in [5, 5.41) is 12.5. The summed E-state index contributed by atoms with van der Waals surface area (Å²) in [5.41, 5.74) is 1.24. The largest absolute Gasteiger partial charge is 0.508 e. The van der Waals surface area contributed by atoms with Crippen molar-refractivity contribution in [1.29, 1.82) is 0 Å². The predicted octanol–water partition coefficient (Wildman–Crippen LogP) is 2.50. The first-order valence-corrected chi connectivity index (χ1v) is 5.21. The van der Waals surface area contributed by atoms with Crippen LogP contribution in [0.5, 0.6) is 5.75 Å². The standard InChI is InChI=1S/C12H19NO/c1-3-10(7-8-13-2)11-5-4-6-12(14)9-11/h4-6,9-10,13-14H,3,7-8H2,1-2H3. The Labute approximate surface area is 86.0 Å². The second-order valence-electron chi connectivity index (χ2n) is 3.59. The van der Waals surface area contributed by atoms with Gasteiger partial charge in [-0.15, -0.1) is 0 Å². The number of aromatic hydroxyl groups is 1. The van der Waals surface area contributed by atoms with Gasteiger partial charge in [0.05, 0.1) is 0 Å². The molecule has 1 aromatic carbocycles. The Hall–Kier alpha value is -1.02. The highest BCUT2D eigenvalue weighted by molar-refractivity contribution is 5.29. The number of phenolic OH excluding ortho intramolecular Hbond substituents is 1. The van der Waals surface area contributed by atoms with Gasteiger partial charge in [0.2, 0.25) is 0 Å². The molecule has 2 N–H and O–H groups in total. The van der Waals surface area contributed by atoms with Crippen LogP contribution < -0.4 is 5.32 Å². The second kappa shape index (κ2) is 5.66. The third-order valence-electron chi connectivity index (χ3n) is 2.58. The molecule has 0 amide bonds. The Kier molecular flexibility index (Phi) is 4.47. The Morgan fingerprint density at radius 3 is 2.79 bits per heavy atom. The Morgan fingerprint density at radius 1 is 1.43 bits per heavy atom. The molecule has 1 atom stereocenters. The maximum Gasteiger partial charge on any atom is 0.115 e. The van der Waals surface area contributed by atoms with E-state index in [0.29, 0.717) is 11.7 Å². The van der Waals surface area contributed by atoms with Gasteiger partial charge < -0.3 is 10.4 Å². The molecule has 1 rings (SSSR count). The number of hydrogen-bond donors (Lipinski definition) is 2. The summed E-state index contributed by atoms with van der Waals surface area (Å²) in [7, 11) is 1.97. The number of nitrogens with one attached hydrogen (secondary N) is 1. The summed E-state index contributed by atoms with van der Waals surface area (Å²) < 4.78 is 0. The quantitative estimate of drug-likeness (QED) is 0.753. The maximum atomic E-state index is 9.37. The fourth-order valence-electron chi connectivity index (χ4n) is 1.70. The van der Waals surface area contributed by atoms with Crippen molar-refractivity contribution in [3.8, 4) is 5.75 Å². The number of rotatable bonds is 5. The first-order chi connectivity index (χ1) is 6.77. The van der Waals surface area contributed by atoms with Crippen LogP contribution in [0.2, 0.25) is 0 Å². The Bertz CT molecular complexity index is 273. The summed E-state index contributed by atoms with van der Waals surface area (Å²) >= 11 is 0. The van der Waals surface area contributed by atoms with E-state index < -0.39 is 0 Å². The van der Waals surface area contributed by atoms with Gasteiger partial charge in [-0.25, -0.2) is 0 Å². The van der Waals surface area contributed by atoms with E-state index in [9.17, 15) is 5.11 Å². The smallest absolute Gasteiger partial charge is 0.115 e. The zero-order chi connectivity index (χ0) is 10.4. The van der Waals surface area contributed by atoms with Crippen molar-refractivity contribution in [1.82, 2.24) is 5.32 Å². The highest BCUT2D eigenvalue weighted by atomic mass is 16.3. The van der Waals surface area contributed by atoms with Gasteiger partial charge in [0.1, 0.15) is 5.75 Å². The van der Waals surface area contributed by atoms with E-state index >= 15 is 0 Å². The van der Waals surface area contributed by atoms with Gasteiger partial charge in [0, 0.05) is 0 Å². The molecule has 0 fully saturated rings. The molecule has 0 aliphatic carbocycles. The molecule has 78 valence electrons. The van der Waals surface area contributed by atoms with Crippen molar-refractivity contribution in [2.45, 2.75) is 25.7 Å². The van der Waals surface area contributed by atoms with Crippen LogP contribution in [-0.2, 0) is 0 Å². The first kappa shape index (κ1) is 11.1. The van der Waals surface area contributed by atoms with Crippen LogP contribution in [0, 0.1) is 0 Å². The van der Waals surface area contributed by atoms with Crippen LogP contribution in [0.25, 0.3) is 0 Å². The summed E-state index contributed by atoms with van der Waals surface area (Å²) in [6, 6.07) is 7.58. The van der Waals surface area contributed by atoms with E-state index in [0.717, 1.165) is 19.4 Å². The highest BCUT2D eigenvalue weighted by Crippen LogP contribution is 2.25. The Morgan fingerprint density at radius 2 is 2.21 bits per heavy atom. The van der Waals surface area contributed by atoms with E-state index in [1.54, 1.807) is 6.07 Å². The van der Waals surface area contributed by atoms with E-state index in [1.165, 1.54) is 5.56 Å². The van der Waals surface area contributed by atoms with E-state index in [4.69, 9.17) is 0 Å². The average Bonchev–Trinajstić information content (AvgIpc) is 2.19. The number of phenols is 1. The van der Waals surface area contributed by atoms with Gasteiger partial charge in [-0.3, -0.25) is 0 Å². The predicted molar refractivity (Wildman–Crippen MR) is 59.7 cm³/mol. The van der Waals surface area contributed by atoms with Crippen molar-refractivity contribution >= 4 is 0 Å². The van der Waals surface area contributed by atoms with Crippen LogP contribution in [0.3, 0.4) is 0 Å². The van der Waals surface area contributed by atoms with Gasteiger partial charge in [0.15, 0.2) is 0 Å². The molecule has 0 spiro atoms. The van der Waals surface area contributed by atoms with E-state index in [-0.39, 0.29) is 0 Å². The second-order valence-corrected chi connectivity index (χ2v) is 3.59. The summed E-state index contributed by atoms with van der Waals surface area (Å²) in [4.78, 5) is 0. The molecule has 0 radical (unpaired) electrons. The summed E-state index contributed by atoms with van der Waals surface area (Å²) in [5.74, 6) is 0.917. The van der Waals surface area contributed by atoms with Gasteiger partial charge in [0.25, 0.3) is 0 Å². The van der Waals surface area contributed by atoms with Gasteiger partial charge in [-0.2, -0.15) is 0 Å². The van der Waals surface area contributed by atoms with Crippen molar-refractivity contribution < 1.29 is 5.11 Å². The molecule has 2 nitrogen and oxygen atoms in total. The molecular weight excluding hydrogens is 174 g/mol. The zero-order valence-corrected chi connectivity index (χ0v) is 8.96. The molecule has 0 aromatic heterocycles. The SMILES string of the molecule is CCC(CCNC)c1cccc(O)c1. The Balaban J connectivity index is 2.68. The first-order valence-electron chi connectivity index (χ1n) is 5.21. The van der Waals surface area contributed by atoms with Gasteiger partial charge >= 0.3 is 0 Å². The normalized spacial score (nSPS) is 12.7. The van der Waals surface area contributed by atoms with Crippen molar-refractivity contribution in [3.63, 3.8) is 0 Å². The molecule has 0 bridgehead atoms. The highest BCUT2D eigenvalue weighted by Gasteiger charge is 2.08. The molecule has 1 unspecified atom stereocenters. The minimum Gasteiger partial charge on any atom is -0.508 e. The third-order valence-corrected chi connectivity index (χ3v) is 2.58. The lowest BCUT2D eigenvalue weighted by Gasteiger charge is -2.15. The molecule has 0 heterocycles. The van der Waals surface area contributed by atoms with Crippen molar-refractivity contribution in [3.05, 3.63) is 29.8 Å². The summed E-state index contributed by atoms with van der Waals surface area (Å²) in [6.07, 6.45) is 2.24. The van der Waals surface area contributed by atoms with Crippen molar-refractivity contribution in [2.24, 2.45) is 0 Å². The summed E-state index contributed by atoms with van der Waals surface area (Å²) in [6.45, 7) is 3.21. The zero-order valence-electron chi connectivity index (χ0n) is 8.96. The molecule has 0 saturated carbocycles. The molecule has 2 heteroatoms. The van der Waals surface area contributed by atoms with Crippen LogP contribution in [0.4, 0.5) is 0 Å². The number of benzene rings is 1. The van der Waals surface area contributed by atoms with Crippen LogP contribution in [-0.4, -0.2) is 18.7 Å². The van der Waals surface area contributed by atoms with Crippen LogP contribution in [0.1, 0.15) is 31.2 Å². The van der Waals surface area contributed by atoms with Gasteiger partial charge in [-0.1, -0.05) is 19.1 Å². The molecule has 0 aliphatic rings. The number of hydrogen-bond acceptors (Lipinski definition) is 2. The maximum absolute atomic E-state index is 9.37. The molecular formula is C12H19NO. The van der Waals surface area contributed by atoms with Crippen LogP contribution in [0.15, 0.2) is 24.3 Å². The average molecular weight is 193 g/mol. The topological polar surface area (TPSA) is 32.3 Å². The molecule has 0 saturated heterocycles. The van der Waals surface area contributed by atoms with Gasteiger partial charge in [-0.05, 0) is 50.0 Å².